The molecule has 146 valence electrons. The molecule has 0 unspecified atom stereocenters. The molecular formula is C21H23N3O3S. The highest BCUT2D eigenvalue weighted by molar-refractivity contribution is 7.10. The minimum absolute atomic E-state index is 0.246. The highest BCUT2D eigenvalue weighted by atomic mass is 32.1. The molecule has 2 aliphatic rings. The number of nitrogens with zero attached hydrogens (tertiary/aromatic N) is 1. The fourth-order valence-electron chi connectivity index (χ4n) is 4.13. The zero-order chi connectivity index (χ0) is 19.9. The fraction of sp³-hybridized carbons (Fsp3) is 0.381. The number of nitrogens with one attached hydrogen (secondary N) is 2. The molecular weight excluding hydrogens is 374 g/mol. The van der Waals surface area contributed by atoms with Crippen molar-refractivity contribution in [3.05, 3.63) is 51.7 Å². The standard InChI is InChI=1S/C21H23N3O3S/c1-13(2)14-6-3-4-7-16(14)22-18(25)12-24-19(26)21(23-20(24)27)10-5-8-17-15(21)9-11-28-17/h3-4,6-7,9,11,13H,5,8,10,12H2,1-2H3,(H,22,25)(H,23,27)/t21-/m0/s1. The van der Waals surface area contributed by atoms with Crippen molar-refractivity contribution in [2.75, 3.05) is 11.9 Å². The third kappa shape index (κ3) is 2.99. The van der Waals surface area contributed by atoms with Gasteiger partial charge in [0.15, 0.2) is 0 Å². The predicted molar refractivity (Wildman–Crippen MR) is 108 cm³/mol. The molecule has 1 aliphatic heterocycles. The van der Waals surface area contributed by atoms with Gasteiger partial charge >= 0.3 is 6.03 Å². The third-order valence-electron chi connectivity index (χ3n) is 5.50. The van der Waals surface area contributed by atoms with E-state index in [2.05, 4.69) is 10.6 Å². The largest absolute Gasteiger partial charge is 0.325 e. The van der Waals surface area contributed by atoms with Gasteiger partial charge in [-0.15, -0.1) is 11.3 Å². The lowest BCUT2D eigenvalue weighted by atomic mass is 9.80. The van der Waals surface area contributed by atoms with Gasteiger partial charge in [0, 0.05) is 16.1 Å². The van der Waals surface area contributed by atoms with Gasteiger partial charge in [-0.05, 0) is 48.3 Å². The van der Waals surface area contributed by atoms with E-state index in [1.54, 1.807) is 11.3 Å². The highest BCUT2D eigenvalue weighted by Crippen LogP contribution is 2.42. The molecule has 4 rings (SSSR count). The highest BCUT2D eigenvalue weighted by Gasteiger charge is 2.54. The van der Waals surface area contributed by atoms with E-state index in [4.69, 9.17) is 0 Å². The average molecular weight is 398 g/mol. The Kier molecular flexibility index (Phi) is 4.71. The minimum atomic E-state index is -1.01. The number of carbonyl (C=O) groups excluding carboxylic acids is 3. The van der Waals surface area contributed by atoms with Crippen LogP contribution in [0.3, 0.4) is 0 Å². The molecule has 1 aromatic carbocycles. The molecule has 0 saturated carbocycles. The number of imide groups is 1. The van der Waals surface area contributed by atoms with Gasteiger partial charge in [0.2, 0.25) is 5.91 Å². The van der Waals surface area contributed by atoms with Crippen LogP contribution in [-0.4, -0.2) is 29.3 Å². The number of benzene rings is 1. The number of urea groups is 1. The van der Waals surface area contributed by atoms with Crippen LogP contribution in [0.25, 0.3) is 0 Å². The maximum atomic E-state index is 13.2. The van der Waals surface area contributed by atoms with E-state index in [0.717, 1.165) is 33.7 Å². The number of para-hydroxylation sites is 1. The molecule has 1 atom stereocenters. The van der Waals surface area contributed by atoms with Crippen molar-refractivity contribution < 1.29 is 14.4 Å². The van der Waals surface area contributed by atoms with E-state index in [9.17, 15) is 14.4 Å². The van der Waals surface area contributed by atoms with Gasteiger partial charge in [0.05, 0.1) is 0 Å². The molecule has 0 radical (unpaired) electrons. The predicted octanol–water partition coefficient (Wildman–Crippen LogP) is 3.59. The Labute approximate surface area is 167 Å². The van der Waals surface area contributed by atoms with Crippen LogP contribution in [0.15, 0.2) is 35.7 Å². The summed E-state index contributed by atoms with van der Waals surface area (Å²) in [6.07, 6.45) is 2.32. The molecule has 1 saturated heterocycles. The molecule has 1 fully saturated rings. The van der Waals surface area contributed by atoms with Gasteiger partial charge < -0.3 is 10.6 Å². The van der Waals surface area contributed by atoms with Gasteiger partial charge in [0.25, 0.3) is 5.91 Å². The van der Waals surface area contributed by atoms with Crippen molar-refractivity contribution in [1.29, 1.82) is 0 Å². The van der Waals surface area contributed by atoms with Crippen LogP contribution in [-0.2, 0) is 21.5 Å². The van der Waals surface area contributed by atoms with Crippen LogP contribution >= 0.6 is 11.3 Å². The van der Waals surface area contributed by atoms with Crippen molar-refractivity contribution in [3.8, 4) is 0 Å². The minimum Gasteiger partial charge on any atom is -0.324 e. The van der Waals surface area contributed by atoms with Crippen molar-refractivity contribution >= 4 is 34.9 Å². The summed E-state index contributed by atoms with van der Waals surface area (Å²) in [5.41, 5.74) is 1.60. The second kappa shape index (κ2) is 7.05. The summed E-state index contributed by atoms with van der Waals surface area (Å²) in [6.45, 7) is 3.81. The number of carbonyl (C=O) groups is 3. The summed E-state index contributed by atoms with van der Waals surface area (Å²) < 4.78 is 0. The number of anilines is 1. The zero-order valence-corrected chi connectivity index (χ0v) is 16.8. The summed E-state index contributed by atoms with van der Waals surface area (Å²) in [4.78, 5) is 40.6. The first-order valence-electron chi connectivity index (χ1n) is 9.52. The molecule has 7 heteroatoms. The molecule has 1 aliphatic carbocycles. The quantitative estimate of drug-likeness (QED) is 0.774. The van der Waals surface area contributed by atoms with Crippen molar-refractivity contribution in [1.82, 2.24) is 10.2 Å². The number of hydrogen-bond donors (Lipinski definition) is 2. The van der Waals surface area contributed by atoms with Gasteiger partial charge in [-0.2, -0.15) is 0 Å². The van der Waals surface area contributed by atoms with Gasteiger partial charge in [-0.3, -0.25) is 14.5 Å². The lowest BCUT2D eigenvalue weighted by Gasteiger charge is -2.31. The fourth-order valence-corrected chi connectivity index (χ4v) is 5.13. The first kappa shape index (κ1) is 18.7. The molecule has 2 N–H and O–H groups in total. The lowest BCUT2D eigenvalue weighted by Crippen LogP contribution is -2.46. The second-order valence-electron chi connectivity index (χ2n) is 7.63. The molecule has 4 amide bonds. The van der Waals surface area contributed by atoms with Crippen LogP contribution in [0.1, 0.15) is 48.6 Å². The number of hydrogen-bond acceptors (Lipinski definition) is 4. The normalized spacial score (nSPS) is 21.2. The summed E-state index contributed by atoms with van der Waals surface area (Å²) in [6, 6.07) is 8.98. The molecule has 28 heavy (non-hydrogen) atoms. The van der Waals surface area contributed by atoms with E-state index >= 15 is 0 Å². The van der Waals surface area contributed by atoms with E-state index in [1.807, 2.05) is 49.6 Å². The Hall–Kier alpha value is -2.67. The molecule has 1 spiro atoms. The Morgan fingerprint density at radius 1 is 1.29 bits per heavy atom. The van der Waals surface area contributed by atoms with Gasteiger partial charge in [0.1, 0.15) is 12.1 Å². The molecule has 2 heterocycles. The zero-order valence-electron chi connectivity index (χ0n) is 16.0. The SMILES string of the molecule is CC(C)c1ccccc1NC(=O)CN1C(=O)N[C@]2(CCCc3sccc32)C1=O. The van der Waals surface area contributed by atoms with E-state index in [1.165, 1.54) is 0 Å². The molecule has 0 bridgehead atoms. The van der Waals surface area contributed by atoms with Crippen LogP contribution in [0, 0.1) is 0 Å². The topological polar surface area (TPSA) is 78.5 Å². The molecule has 6 nitrogen and oxygen atoms in total. The van der Waals surface area contributed by atoms with E-state index in [0.29, 0.717) is 12.1 Å². The number of aryl methyl sites for hydroxylation is 1. The number of rotatable bonds is 4. The number of thiophene rings is 1. The summed E-state index contributed by atoms with van der Waals surface area (Å²) in [5.74, 6) is -0.463. The van der Waals surface area contributed by atoms with E-state index in [-0.39, 0.29) is 24.3 Å². The van der Waals surface area contributed by atoms with Crippen molar-refractivity contribution in [2.45, 2.75) is 44.6 Å². The van der Waals surface area contributed by atoms with Crippen molar-refractivity contribution in [2.24, 2.45) is 0 Å². The van der Waals surface area contributed by atoms with Gasteiger partial charge in [-0.25, -0.2) is 4.79 Å². The Balaban J connectivity index is 1.53. The van der Waals surface area contributed by atoms with Crippen LogP contribution in [0.2, 0.25) is 0 Å². The van der Waals surface area contributed by atoms with Crippen LogP contribution in [0.4, 0.5) is 10.5 Å². The van der Waals surface area contributed by atoms with Crippen molar-refractivity contribution in [3.63, 3.8) is 0 Å². The maximum absolute atomic E-state index is 13.2. The Morgan fingerprint density at radius 2 is 2.07 bits per heavy atom. The summed E-state index contributed by atoms with van der Waals surface area (Å²) in [5, 5.41) is 7.68. The first-order chi connectivity index (χ1) is 13.4. The summed E-state index contributed by atoms with van der Waals surface area (Å²) in [7, 11) is 0. The summed E-state index contributed by atoms with van der Waals surface area (Å²) >= 11 is 1.61. The molecule has 2 aromatic rings. The van der Waals surface area contributed by atoms with Gasteiger partial charge in [-0.1, -0.05) is 32.0 Å². The number of amides is 4. The molecule has 1 aromatic heterocycles. The van der Waals surface area contributed by atoms with Crippen LogP contribution < -0.4 is 10.6 Å². The van der Waals surface area contributed by atoms with E-state index < -0.39 is 11.6 Å². The lowest BCUT2D eigenvalue weighted by molar-refractivity contribution is -0.134. The third-order valence-corrected chi connectivity index (χ3v) is 6.48. The number of fused-ring (bicyclic) bond motifs is 2. The Morgan fingerprint density at radius 3 is 2.86 bits per heavy atom. The maximum Gasteiger partial charge on any atom is 0.325 e. The average Bonchev–Trinajstić information content (AvgIpc) is 3.23. The smallest absolute Gasteiger partial charge is 0.324 e. The van der Waals surface area contributed by atoms with Crippen LogP contribution in [0.5, 0.6) is 0 Å². The second-order valence-corrected chi connectivity index (χ2v) is 8.63. The monoisotopic (exact) mass is 397 g/mol. The Bertz CT molecular complexity index is 952. The first-order valence-corrected chi connectivity index (χ1v) is 10.4.